The number of thiophene rings is 2. The molecule has 0 amide bonds. The second-order valence-corrected chi connectivity index (χ2v) is 19.3. The van der Waals surface area contributed by atoms with Crippen LogP contribution >= 0.6 is 22.7 Å². The molecule has 0 saturated carbocycles. The van der Waals surface area contributed by atoms with Crippen LogP contribution in [0.15, 0.2) is 194 Å². The highest BCUT2D eigenvalue weighted by Gasteiger charge is 2.29. The van der Waals surface area contributed by atoms with Gasteiger partial charge in [0, 0.05) is 51.7 Å². The normalized spacial score (nSPS) is 11.8. The summed E-state index contributed by atoms with van der Waals surface area (Å²) in [5, 5.41) is 66.7. The van der Waals surface area contributed by atoms with Gasteiger partial charge in [0.1, 0.15) is 5.69 Å². The minimum absolute atomic E-state index is 0.296. The number of aromatic hydroxyl groups is 5. The molecule has 0 spiro atoms. The molecule has 0 aliphatic carbocycles. The van der Waals surface area contributed by atoms with Crippen LogP contribution in [0.1, 0.15) is 0 Å². The van der Waals surface area contributed by atoms with Crippen molar-refractivity contribution >= 4 is 112 Å². The molecular formula is C60H37NO5S2. The second kappa shape index (κ2) is 15.3. The first-order valence-corrected chi connectivity index (χ1v) is 23.8. The Morgan fingerprint density at radius 3 is 1.38 bits per heavy atom. The van der Waals surface area contributed by atoms with Crippen LogP contribution in [0.3, 0.4) is 0 Å². The molecule has 0 radical (unpaired) electrons. The molecule has 11 aromatic carbocycles. The Labute approximate surface area is 397 Å². The van der Waals surface area contributed by atoms with Gasteiger partial charge in [0.15, 0.2) is 11.5 Å². The van der Waals surface area contributed by atoms with Crippen LogP contribution in [0.2, 0.25) is 0 Å². The van der Waals surface area contributed by atoms with Gasteiger partial charge in [-0.25, -0.2) is 0 Å². The monoisotopic (exact) mass is 915 g/mol. The van der Waals surface area contributed by atoms with Gasteiger partial charge in [-0.1, -0.05) is 152 Å². The summed E-state index contributed by atoms with van der Waals surface area (Å²) in [6.45, 7) is 0. The van der Waals surface area contributed by atoms with Crippen LogP contribution in [-0.2, 0) is 0 Å². The Balaban J connectivity index is 0.865. The van der Waals surface area contributed by atoms with Gasteiger partial charge >= 0.3 is 0 Å². The number of nitrogens with zero attached hydrogens (tertiary/aromatic N) is 1. The third kappa shape index (κ3) is 6.08. The van der Waals surface area contributed by atoms with E-state index in [2.05, 4.69) is 146 Å². The summed E-state index contributed by atoms with van der Waals surface area (Å²) in [5.41, 5.74) is 6.91. The summed E-state index contributed by atoms with van der Waals surface area (Å²) < 4.78 is 4.99. The van der Waals surface area contributed by atoms with Crippen molar-refractivity contribution < 1.29 is 25.5 Å². The van der Waals surface area contributed by atoms with Crippen molar-refractivity contribution in [3.8, 4) is 62.1 Å². The molecule has 5 N–H and O–H groups in total. The number of rotatable bonds is 6. The molecular weight excluding hydrogens is 879 g/mol. The Morgan fingerprint density at radius 1 is 0.309 bits per heavy atom. The molecule has 6 nitrogen and oxygen atoms in total. The van der Waals surface area contributed by atoms with E-state index in [-0.39, 0.29) is 5.69 Å². The quantitative estimate of drug-likeness (QED) is 0.0841. The maximum atomic E-state index is 11.3. The highest BCUT2D eigenvalue weighted by atomic mass is 32.1. The fraction of sp³-hybridized carbons (Fsp3) is 0. The van der Waals surface area contributed by atoms with Crippen LogP contribution in [0.25, 0.3) is 106 Å². The van der Waals surface area contributed by atoms with E-state index < -0.39 is 28.7 Å². The summed E-state index contributed by atoms with van der Waals surface area (Å²) in [7, 11) is 0. The molecule has 0 bridgehead atoms. The average Bonchev–Trinajstić information content (AvgIpc) is 3.98. The topological polar surface area (TPSA) is 104 Å². The zero-order valence-electron chi connectivity index (χ0n) is 36.0. The van der Waals surface area contributed by atoms with Gasteiger partial charge in [-0.15, -0.1) is 22.7 Å². The minimum Gasteiger partial charge on any atom is -0.503 e. The van der Waals surface area contributed by atoms with Crippen LogP contribution in [0.4, 0.5) is 17.1 Å². The van der Waals surface area contributed by atoms with Crippen molar-refractivity contribution in [2.45, 2.75) is 0 Å². The fourth-order valence-electron chi connectivity index (χ4n) is 10.0. The zero-order valence-corrected chi connectivity index (χ0v) is 37.6. The standard InChI is InChI=1S/C60H37NO5S2/c62-54-53(55(63)57(65)58(66)56(54)64)61(41-26-19-38(20-27-41)48-32-51-52(45-12-6-5-11-44(45)48)47-29-22-37-8-2-4-10-43(37)60(47)68-51)40-24-17-34(18-25-40)33-13-15-35(16-14-33)39-23-30-50-49(31-39)46-28-21-36-7-1-3-9-42(36)59(46)67-50/h1-32,62-66H. The van der Waals surface area contributed by atoms with Crippen LogP contribution < -0.4 is 4.90 Å². The Kier molecular flexibility index (Phi) is 8.92. The van der Waals surface area contributed by atoms with Gasteiger partial charge < -0.3 is 30.4 Å². The molecule has 0 aliphatic rings. The van der Waals surface area contributed by atoms with Gasteiger partial charge in [0.2, 0.25) is 17.2 Å². The highest BCUT2D eigenvalue weighted by Crippen LogP contribution is 2.58. The van der Waals surface area contributed by atoms with E-state index in [4.69, 9.17) is 0 Å². The Morgan fingerprint density at radius 2 is 0.765 bits per heavy atom. The molecule has 0 unspecified atom stereocenters. The lowest BCUT2D eigenvalue weighted by molar-refractivity contribution is 0.329. The molecule has 0 atom stereocenters. The number of phenolic OH excluding ortho intramolecular Hbond substituents is 5. The van der Waals surface area contributed by atoms with Crippen molar-refractivity contribution in [3.05, 3.63) is 194 Å². The molecule has 324 valence electrons. The number of hydrogen-bond acceptors (Lipinski definition) is 8. The first-order chi connectivity index (χ1) is 33.3. The van der Waals surface area contributed by atoms with Crippen molar-refractivity contribution in [1.82, 2.24) is 0 Å². The Bertz CT molecular complexity index is 4170. The Hall–Kier alpha value is -8.56. The van der Waals surface area contributed by atoms with Crippen molar-refractivity contribution in [1.29, 1.82) is 0 Å². The smallest absolute Gasteiger partial charge is 0.208 e. The lowest BCUT2D eigenvalue weighted by Crippen LogP contribution is -2.10. The van der Waals surface area contributed by atoms with Gasteiger partial charge in [0.05, 0.1) is 0 Å². The molecule has 0 saturated heterocycles. The molecule has 13 aromatic rings. The number of hydrogen-bond donors (Lipinski definition) is 5. The van der Waals surface area contributed by atoms with Crippen molar-refractivity contribution in [2.24, 2.45) is 0 Å². The van der Waals surface area contributed by atoms with E-state index in [0.29, 0.717) is 11.4 Å². The predicted molar refractivity (Wildman–Crippen MR) is 284 cm³/mol. The third-order valence-electron chi connectivity index (χ3n) is 13.4. The lowest BCUT2D eigenvalue weighted by Gasteiger charge is -2.28. The van der Waals surface area contributed by atoms with Crippen LogP contribution in [-0.4, -0.2) is 25.5 Å². The average molecular weight is 916 g/mol. The molecule has 0 fully saturated rings. The maximum Gasteiger partial charge on any atom is 0.208 e. The lowest BCUT2D eigenvalue weighted by atomic mass is 9.94. The maximum absolute atomic E-state index is 11.3. The summed E-state index contributed by atoms with van der Waals surface area (Å²) in [4.78, 5) is 1.55. The molecule has 68 heavy (non-hydrogen) atoms. The van der Waals surface area contributed by atoms with E-state index in [1.807, 2.05) is 59.9 Å². The largest absolute Gasteiger partial charge is 0.503 e. The zero-order chi connectivity index (χ0) is 45.8. The number of fused-ring (bicyclic) bond motifs is 12. The molecule has 2 aromatic heterocycles. The number of anilines is 3. The summed E-state index contributed by atoms with van der Waals surface area (Å²) in [6, 6.07) is 67.1. The third-order valence-corrected chi connectivity index (χ3v) is 15.8. The van der Waals surface area contributed by atoms with Gasteiger partial charge in [0.25, 0.3) is 0 Å². The summed E-state index contributed by atoms with van der Waals surface area (Å²) in [6.07, 6.45) is 0. The van der Waals surface area contributed by atoms with E-state index in [9.17, 15) is 25.5 Å². The van der Waals surface area contributed by atoms with Crippen molar-refractivity contribution in [3.63, 3.8) is 0 Å². The summed E-state index contributed by atoms with van der Waals surface area (Å²) >= 11 is 3.63. The van der Waals surface area contributed by atoms with Crippen LogP contribution in [0, 0.1) is 0 Å². The molecule has 13 rings (SSSR count). The SMILES string of the molecule is Oc1c(O)c(O)c(N(c2ccc(-c3ccc(-c4ccc5sc6c7ccccc7ccc6c5c4)cc3)cc2)c2ccc(-c3cc4sc5c6ccccc6ccc5c4c4ccccc34)cc2)c(O)c1O. The molecule has 2 heterocycles. The van der Waals surface area contributed by atoms with Crippen molar-refractivity contribution in [2.75, 3.05) is 4.90 Å². The molecule has 0 aliphatic heterocycles. The molecule has 8 heteroatoms. The minimum atomic E-state index is -1.02. The van der Waals surface area contributed by atoms with E-state index in [0.717, 1.165) is 44.2 Å². The number of phenols is 5. The highest BCUT2D eigenvalue weighted by molar-refractivity contribution is 7.27. The van der Waals surface area contributed by atoms with Gasteiger partial charge in [-0.3, -0.25) is 0 Å². The van der Waals surface area contributed by atoms with E-state index in [1.165, 1.54) is 61.9 Å². The summed E-state index contributed by atoms with van der Waals surface area (Å²) in [5.74, 6) is -4.52. The number of benzene rings is 11. The van der Waals surface area contributed by atoms with Crippen LogP contribution in [0.5, 0.6) is 28.7 Å². The second-order valence-electron chi connectivity index (χ2n) is 17.2. The van der Waals surface area contributed by atoms with E-state index >= 15 is 0 Å². The first-order valence-electron chi connectivity index (χ1n) is 22.2. The fourth-order valence-corrected chi connectivity index (χ4v) is 12.5. The predicted octanol–water partition coefficient (Wildman–Crippen LogP) is 16.9. The van der Waals surface area contributed by atoms with E-state index in [1.54, 1.807) is 16.2 Å². The first kappa shape index (κ1) is 39.8. The van der Waals surface area contributed by atoms with Gasteiger partial charge in [-0.2, -0.15) is 0 Å². The van der Waals surface area contributed by atoms with Gasteiger partial charge in [-0.05, 0) is 108 Å².